The lowest BCUT2D eigenvalue weighted by atomic mass is 10.0. The summed E-state index contributed by atoms with van der Waals surface area (Å²) in [6, 6.07) is 11.6. The first-order valence-corrected chi connectivity index (χ1v) is 8.37. The van der Waals surface area contributed by atoms with Crippen LogP contribution < -0.4 is 5.32 Å². The summed E-state index contributed by atoms with van der Waals surface area (Å²) in [6.07, 6.45) is 1.03. The summed E-state index contributed by atoms with van der Waals surface area (Å²) in [5.74, 6) is -0.493. The Kier molecular flexibility index (Phi) is 5.31. The van der Waals surface area contributed by atoms with Crippen molar-refractivity contribution in [2.45, 2.75) is 18.6 Å². The fourth-order valence-electron chi connectivity index (χ4n) is 2.80. The maximum absolute atomic E-state index is 12.4. The van der Waals surface area contributed by atoms with Gasteiger partial charge in [-0.2, -0.15) is 0 Å². The van der Waals surface area contributed by atoms with Gasteiger partial charge in [0.25, 0.3) is 11.8 Å². The van der Waals surface area contributed by atoms with Gasteiger partial charge in [-0.25, -0.2) is 4.98 Å². The van der Waals surface area contributed by atoms with Gasteiger partial charge in [-0.15, -0.1) is 0 Å². The number of rotatable bonds is 3. The number of nitrogens with zero attached hydrogens (tertiary/aromatic N) is 2. The van der Waals surface area contributed by atoms with Gasteiger partial charge in [-0.3, -0.25) is 9.59 Å². The average molecular weight is 360 g/mol. The maximum Gasteiger partial charge on any atom is 0.270 e. The summed E-state index contributed by atoms with van der Waals surface area (Å²) in [6.45, 7) is 0.635. The number of hydrogen-bond donors (Lipinski definition) is 2. The molecule has 2 heterocycles. The molecule has 1 saturated heterocycles. The molecule has 1 aromatic heterocycles. The van der Waals surface area contributed by atoms with Gasteiger partial charge in [0, 0.05) is 24.8 Å². The van der Waals surface area contributed by atoms with Crippen molar-refractivity contribution in [1.82, 2.24) is 15.2 Å². The minimum absolute atomic E-state index is 0.121. The van der Waals surface area contributed by atoms with Crippen LogP contribution >= 0.6 is 11.6 Å². The highest BCUT2D eigenvalue weighted by molar-refractivity contribution is 6.30. The zero-order valence-corrected chi connectivity index (χ0v) is 14.2. The number of nitrogens with one attached hydrogen (secondary N) is 1. The first kappa shape index (κ1) is 17.4. The molecule has 0 saturated carbocycles. The van der Waals surface area contributed by atoms with Crippen molar-refractivity contribution in [3.8, 4) is 0 Å². The Balaban J connectivity index is 1.59. The molecule has 7 heteroatoms. The number of β-amino-alcohol motifs (C(OH)–C–C–N with tert-alkyl or cyclic N) is 1. The zero-order valence-electron chi connectivity index (χ0n) is 13.4. The second-order valence-corrected chi connectivity index (χ2v) is 6.35. The van der Waals surface area contributed by atoms with E-state index in [9.17, 15) is 14.7 Å². The highest BCUT2D eigenvalue weighted by Crippen LogP contribution is 2.15. The van der Waals surface area contributed by atoms with E-state index in [2.05, 4.69) is 10.3 Å². The van der Waals surface area contributed by atoms with E-state index in [0.717, 1.165) is 0 Å². The second-order valence-electron chi connectivity index (χ2n) is 5.91. The fourth-order valence-corrected chi connectivity index (χ4v) is 2.91. The van der Waals surface area contributed by atoms with E-state index in [1.165, 1.54) is 12.3 Å². The number of aliphatic hydroxyl groups is 1. The minimum atomic E-state index is -0.835. The number of piperidine rings is 1. The Morgan fingerprint density at radius 3 is 2.60 bits per heavy atom. The van der Waals surface area contributed by atoms with E-state index in [-0.39, 0.29) is 24.1 Å². The Labute approximate surface area is 150 Å². The van der Waals surface area contributed by atoms with Gasteiger partial charge in [-0.05, 0) is 30.7 Å². The van der Waals surface area contributed by atoms with Crippen LogP contribution in [0, 0.1) is 0 Å². The van der Waals surface area contributed by atoms with Crippen molar-refractivity contribution in [3.63, 3.8) is 0 Å². The largest absolute Gasteiger partial charge is 0.389 e. The molecule has 2 aromatic rings. The van der Waals surface area contributed by atoms with Crippen molar-refractivity contribution in [2.24, 2.45) is 0 Å². The first-order valence-electron chi connectivity index (χ1n) is 7.99. The van der Waals surface area contributed by atoms with Crippen molar-refractivity contribution < 1.29 is 14.7 Å². The number of halogens is 1. The van der Waals surface area contributed by atoms with Crippen LogP contribution in [0.25, 0.3) is 0 Å². The Hall–Kier alpha value is -2.44. The molecule has 1 aromatic carbocycles. The molecule has 1 aliphatic heterocycles. The van der Waals surface area contributed by atoms with Gasteiger partial charge in [0.1, 0.15) is 5.69 Å². The van der Waals surface area contributed by atoms with E-state index in [4.69, 9.17) is 11.6 Å². The highest BCUT2D eigenvalue weighted by Gasteiger charge is 2.31. The van der Waals surface area contributed by atoms with Crippen LogP contribution in [-0.4, -0.2) is 52.0 Å². The van der Waals surface area contributed by atoms with Gasteiger partial charge >= 0.3 is 0 Å². The Morgan fingerprint density at radius 1 is 1.20 bits per heavy atom. The smallest absolute Gasteiger partial charge is 0.270 e. The number of benzene rings is 1. The second kappa shape index (κ2) is 7.63. The number of likely N-dealkylation sites (tertiary alicyclic amines) is 1. The summed E-state index contributed by atoms with van der Waals surface area (Å²) in [4.78, 5) is 30.2. The topological polar surface area (TPSA) is 82.5 Å². The number of pyridine rings is 1. The number of aromatic nitrogens is 1. The number of carbonyl (C=O) groups is 2. The number of amides is 2. The number of aliphatic hydroxyl groups excluding tert-OH is 1. The third kappa shape index (κ3) is 4.15. The van der Waals surface area contributed by atoms with Crippen LogP contribution in [0.4, 0.5) is 0 Å². The van der Waals surface area contributed by atoms with E-state index >= 15 is 0 Å². The molecule has 2 N–H and O–H groups in total. The van der Waals surface area contributed by atoms with Crippen molar-refractivity contribution >= 4 is 23.4 Å². The van der Waals surface area contributed by atoms with Crippen molar-refractivity contribution in [2.75, 3.05) is 13.1 Å². The average Bonchev–Trinajstić information content (AvgIpc) is 2.64. The van der Waals surface area contributed by atoms with E-state index < -0.39 is 12.1 Å². The van der Waals surface area contributed by atoms with Gasteiger partial charge in [-0.1, -0.05) is 29.8 Å². The molecule has 0 aliphatic carbocycles. The molecular weight excluding hydrogens is 342 g/mol. The van der Waals surface area contributed by atoms with Crippen LogP contribution in [0.2, 0.25) is 5.02 Å². The molecule has 1 fully saturated rings. The number of carbonyl (C=O) groups excluding carboxylic acids is 2. The lowest BCUT2D eigenvalue weighted by Gasteiger charge is -2.36. The maximum atomic E-state index is 12.4. The fraction of sp³-hybridized carbons (Fsp3) is 0.278. The molecule has 25 heavy (non-hydrogen) atoms. The van der Waals surface area contributed by atoms with Crippen LogP contribution in [0.15, 0.2) is 48.7 Å². The van der Waals surface area contributed by atoms with Gasteiger partial charge in [0.05, 0.1) is 17.2 Å². The summed E-state index contributed by atoms with van der Waals surface area (Å²) in [5.41, 5.74) is 0.821. The quantitative estimate of drug-likeness (QED) is 0.874. The Morgan fingerprint density at radius 2 is 1.96 bits per heavy atom. The lowest BCUT2D eigenvalue weighted by molar-refractivity contribution is 0.0314. The molecule has 1 aliphatic rings. The highest BCUT2D eigenvalue weighted by atomic mass is 35.5. The molecule has 2 atom stereocenters. The third-order valence-electron chi connectivity index (χ3n) is 4.17. The first-order chi connectivity index (χ1) is 12.0. The van der Waals surface area contributed by atoms with Crippen LogP contribution in [-0.2, 0) is 0 Å². The molecule has 0 bridgehead atoms. The van der Waals surface area contributed by atoms with E-state index in [0.29, 0.717) is 23.6 Å². The summed E-state index contributed by atoms with van der Waals surface area (Å²) in [7, 11) is 0. The van der Waals surface area contributed by atoms with Gasteiger partial charge in [0.15, 0.2) is 0 Å². The molecule has 2 amide bonds. The monoisotopic (exact) mass is 359 g/mol. The third-order valence-corrected chi connectivity index (χ3v) is 4.39. The van der Waals surface area contributed by atoms with E-state index in [1.807, 2.05) is 6.07 Å². The normalized spacial score (nSPS) is 20.2. The predicted molar refractivity (Wildman–Crippen MR) is 93.5 cm³/mol. The summed E-state index contributed by atoms with van der Waals surface area (Å²) < 4.78 is 0. The number of hydrogen-bond acceptors (Lipinski definition) is 4. The SMILES string of the molecule is O=C(N[C@@H]1CCN(C(=O)c2ccccc2)C[C@H]1O)c1ccc(Cl)cn1. The zero-order chi connectivity index (χ0) is 17.8. The predicted octanol–water partition coefficient (Wildman–Crippen LogP) is 1.74. The van der Waals surface area contributed by atoms with E-state index in [1.54, 1.807) is 35.2 Å². The summed E-state index contributed by atoms with van der Waals surface area (Å²) >= 11 is 5.76. The molecule has 0 unspecified atom stereocenters. The van der Waals surface area contributed by atoms with Crippen molar-refractivity contribution in [1.29, 1.82) is 0 Å². The van der Waals surface area contributed by atoms with Gasteiger partial charge in [0.2, 0.25) is 0 Å². The molecule has 130 valence electrons. The summed E-state index contributed by atoms with van der Waals surface area (Å²) in [5, 5.41) is 13.5. The molecule has 3 rings (SSSR count). The minimum Gasteiger partial charge on any atom is -0.389 e. The van der Waals surface area contributed by atoms with Gasteiger partial charge < -0.3 is 15.3 Å². The van der Waals surface area contributed by atoms with Crippen LogP contribution in [0.5, 0.6) is 0 Å². The van der Waals surface area contributed by atoms with Crippen LogP contribution in [0.1, 0.15) is 27.3 Å². The standard InChI is InChI=1S/C18H18ClN3O3/c19-13-6-7-15(20-10-13)17(24)21-14-8-9-22(11-16(14)23)18(25)12-4-2-1-3-5-12/h1-7,10,14,16,23H,8-9,11H2,(H,21,24)/t14-,16-/m1/s1. The van der Waals surface area contributed by atoms with Crippen molar-refractivity contribution in [3.05, 3.63) is 64.9 Å². The molecular formula is C18H18ClN3O3. The Bertz CT molecular complexity index is 752. The molecule has 0 radical (unpaired) electrons. The molecule has 6 nitrogen and oxygen atoms in total. The molecule has 0 spiro atoms. The van der Waals surface area contributed by atoms with Crippen LogP contribution in [0.3, 0.4) is 0 Å². The lowest BCUT2D eigenvalue weighted by Crippen LogP contribution is -2.55.